The molecule has 0 radical (unpaired) electrons. The number of hydrogen-bond acceptors (Lipinski definition) is 4. The van der Waals surface area contributed by atoms with Gasteiger partial charge >= 0.3 is 0 Å². The minimum absolute atomic E-state index is 0.289. The predicted molar refractivity (Wildman–Crippen MR) is 39.8 cm³/mol. The van der Waals surface area contributed by atoms with E-state index in [-0.39, 0.29) is 11.9 Å². The summed E-state index contributed by atoms with van der Waals surface area (Å²) in [7, 11) is 0. The molecule has 0 bridgehead atoms. The van der Waals surface area contributed by atoms with Crippen molar-refractivity contribution in [2.45, 2.75) is 26.0 Å². The molecule has 2 atom stereocenters. The van der Waals surface area contributed by atoms with E-state index >= 15 is 0 Å². The van der Waals surface area contributed by atoms with Crippen LogP contribution < -0.4 is 5.73 Å². The van der Waals surface area contributed by atoms with Crippen molar-refractivity contribution in [1.29, 1.82) is 0 Å². The van der Waals surface area contributed by atoms with Crippen LogP contribution in [0.5, 0.6) is 0 Å². The normalized spacial score (nSPS) is 16.4. The number of aliphatic hydroxyl groups is 1. The molecule has 0 aromatic carbocycles. The fraction of sp³-hybridized carbons (Fsp3) is 0.571. The first-order chi connectivity index (χ1) is 5.11. The molecule has 11 heavy (non-hydrogen) atoms. The number of aryl methyl sites for hydroxylation is 1. The second-order valence-electron chi connectivity index (χ2n) is 2.61. The number of nitrogens with zero attached hydrogens (tertiary/aromatic N) is 1. The van der Waals surface area contributed by atoms with Crippen molar-refractivity contribution in [1.82, 2.24) is 4.98 Å². The monoisotopic (exact) mass is 156 g/mol. The maximum atomic E-state index is 9.33. The molecule has 1 aromatic rings. The van der Waals surface area contributed by atoms with Gasteiger partial charge in [0.2, 0.25) is 5.89 Å². The molecular formula is C7H12N2O2. The lowest BCUT2D eigenvalue weighted by molar-refractivity contribution is 0.120. The van der Waals surface area contributed by atoms with Crippen molar-refractivity contribution in [3.05, 3.63) is 17.8 Å². The van der Waals surface area contributed by atoms with Gasteiger partial charge in [-0.1, -0.05) is 0 Å². The molecule has 4 heteroatoms. The van der Waals surface area contributed by atoms with Gasteiger partial charge in [0.15, 0.2) is 0 Å². The summed E-state index contributed by atoms with van der Waals surface area (Å²) in [5.41, 5.74) is 5.43. The third kappa shape index (κ3) is 1.78. The van der Waals surface area contributed by atoms with E-state index in [1.165, 1.54) is 0 Å². The van der Waals surface area contributed by atoms with Gasteiger partial charge in [0.05, 0.1) is 6.20 Å². The zero-order valence-corrected chi connectivity index (χ0v) is 6.61. The lowest BCUT2D eigenvalue weighted by atomic mass is 10.2. The molecule has 0 aliphatic carbocycles. The SMILES string of the molecule is Cc1cnc(C(O)C(C)N)o1. The minimum atomic E-state index is -0.802. The first-order valence-electron chi connectivity index (χ1n) is 3.47. The van der Waals surface area contributed by atoms with Gasteiger partial charge in [-0.3, -0.25) is 0 Å². The number of nitrogens with two attached hydrogens (primary N) is 1. The van der Waals surface area contributed by atoms with E-state index in [4.69, 9.17) is 10.2 Å². The second-order valence-corrected chi connectivity index (χ2v) is 2.61. The van der Waals surface area contributed by atoms with E-state index in [1.807, 2.05) is 0 Å². The number of rotatable bonds is 2. The summed E-state index contributed by atoms with van der Waals surface area (Å²) in [6, 6.07) is -0.354. The topological polar surface area (TPSA) is 72.3 Å². The van der Waals surface area contributed by atoms with Crippen molar-refractivity contribution < 1.29 is 9.52 Å². The zero-order chi connectivity index (χ0) is 8.43. The molecule has 1 rings (SSSR count). The second kappa shape index (κ2) is 3.02. The Balaban J connectivity index is 2.76. The van der Waals surface area contributed by atoms with E-state index in [0.29, 0.717) is 5.76 Å². The van der Waals surface area contributed by atoms with Crippen molar-refractivity contribution in [3.63, 3.8) is 0 Å². The first-order valence-corrected chi connectivity index (χ1v) is 3.47. The maximum Gasteiger partial charge on any atom is 0.224 e. The summed E-state index contributed by atoms with van der Waals surface area (Å²) in [6.45, 7) is 3.47. The molecule has 0 fully saturated rings. The smallest absolute Gasteiger partial charge is 0.224 e. The Labute approximate surface area is 65.0 Å². The van der Waals surface area contributed by atoms with Crippen molar-refractivity contribution in [2.75, 3.05) is 0 Å². The van der Waals surface area contributed by atoms with E-state index in [9.17, 15) is 5.11 Å². The lowest BCUT2D eigenvalue weighted by Gasteiger charge is -2.09. The number of aliphatic hydroxyl groups excluding tert-OH is 1. The Morgan fingerprint density at radius 2 is 2.36 bits per heavy atom. The number of oxazole rings is 1. The van der Waals surface area contributed by atoms with E-state index < -0.39 is 6.10 Å². The van der Waals surface area contributed by atoms with Crippen LogP contribution in [0.2, 0.25) is 0 Å². The van der Waals surface area contributed by atoms with Gasteiger partial charge in [-0.2, -0.15) is 0 Å². The lowest BCUT2D eigenvalue weighted by Crippen LogP contribution is -2.24. The Bertz CT molecular complexity index is 232. The first kappa shape index (κ1) is 8.23. The largest absolute Gasteiger partial charge is 0.443 e. The minimum Gasteiger partial charge on any atom is -0.443 e. The summed E-state index contributed by atoms with van der Waals surface area (Å²) >= 11 is 0. The molecule has 1 heterocycles. The molecule has 0 aliphatic heterocycles. The molecule has 0 aliphatic rings. The Morgan fingerprint density at radius 3 is 2.73 bits per heavy atom. The third-order valence-corrected chi connectivity index (χ3v) is 1.39. The summed E-state index contributed by atoms with van der Waals surface area (Å²) in [6.07, 6.45) is 0.754. The molecule has 0 saturated carbocycles. The fourth-order valence-corrected chi connectivity index (χ4v) is 0.734. The molecule has 1 aromatic heterocycles. The van der Waals surface area contributed by atoms with Crippen LogP contribution in [0.1, 0.15) is 24.7 Å². The average molecular weight is 156 g/mol. The van der Waals surface area contributed by atoms with Crippen LogP contribution in [0.3, 0.4) is 0 Å². The summed E-state index contributed by atoms with van der Waals surface area (Å²) < 4.78 is 5.07. The third-order valence-electron chi connectivity index (χ3n) is 1.39. The Hall–Kier alpha value is -0.870. The highest BCUT2D eigenvalue weighted by atomic mass is 16.4. The van der Waals surface area contributed by atoms with Crippen LogP contribution in [0.4, 0.5) is 0 Å². The van der Waals surface area contributed by atoms with Gasteiger partial charge in [-0.05, 0) is 13.8 Å². The molecule has 0 spiro atoms. The number of aromatic nitrogens is 1. The van der Waals surface area contributed by atoms with Crippen LogP contribution >= 0.6 is 0 Å². The molecule has 0 saturated heterocycles. The van der Waals surface area contributed by atoms with Gasteiger partial charge < -0.3 is 15.3 Å². The van der Waals surface area contributed by atoms with Crippen LogP contribution in [0.25, 0.3) is 0 Å². The van der Waals surface area contributed by atoms with E-state index in [2.05, 4.69) is 4.98 Å². The Kier molecular flexibility index (Phi) is 2.26. The van der Waals surface area contributed by atoms with Gasteiger partial charge in [0.25, 0.3) is 0 Å². The Morgan fingerprint density at radius 1 is 1.73 bits per heavy atom. The predicted octanol–water partition coefficient (Wildman–Crippen LogP) is 0.364. The van der Waals surface area contributed by atoms with Crippen LogP contribution in [0, 0.1) is 6.92 Å². The molecule has 62 valence electrons. The number of hydrogen-bond donors (Lipinski definition) is 2. The van der Waals surface area contributed by atoms with Crippen molar-refractivity contribution in [3.8, 4) is 0 Å². The highest BCUT2D eigenvalue weighted by Gasteiger charge is 2.16. The standard InChI is InChI=1S/C7H12N2O2/c1-4-3-9-7(11-4)6(10)5(2)8/h3,5-6,10H,8H2,1-2H3. The molecule has 0 amide bonds. The van der Waals surface area contributed by atoms with Gasteiger partial charge in [0, 0.05) is 6.04 Å². The van der Waals surface area contributed by atoms with E-state index in [1.54, 1.807) is 20.0 Å². The summed E-state index contributed by atoms with van der Waals surface area (Å²) in [5, 5.41) is 9.33. The quantitative estimate of drug-likeness (QED) is 0.648. The zero-order valence-electron chi connectivity index (χ0n) is 6.61. The summed E-state index contributed by atoms with van der Waals surface area (Å²) in [5.74, 6) is 0.970. The molecular weight excluding hydrogens is 144 g/mol. The van der Waals surface area contributed by atoms with Crippen LogP contribution in [-0.4, -0.2) is 16.1 Å². The van der Waals surface area contributed by atoms with Crippen molar-refractivity contribution >= 4 is 0 Å². The fourth-order valence-electron chi connectivity index (χ4n) is 0.734. The average Bonchev–Trinajstić information content (AvgIpc) is 2.34. The maximum absolute atomic E-state index is 9.33. The highest BCUT2D eigenvalue weighted by Crippen LogP contribution is 2.14. The van der Waals surface area contributed by atoms with Gasteiger partial charge in [-0.15, -0.1) is 0 Å². The van der Waals surface area contributed by atoms with Gasteiger partial charge in [0.1, 0.15) is 11.9 Å². The van der Waals surface area contributed by atoms with Gasteiger partial charge in [-0.25, -0.2) is 4.98 Å². The van der Waals surface area contributed by atoms with E-state index in [0.717, 1.165) is 0 Å². The highest BCUT2D eigenvalue weighted by molar-refractivity contribution is 4.95. The van der Waals surface area contributed by atoms with Crippen LogP contribution in [-0.2, 0) is 0 Å². The van der Waals surface area contributed by atoms with Crippen molar-refractivity contribution in [2.24, 2.45) is 5.73 Å². The molecule has 4 nitrogen and oxygen atoms in total. The summed E-state index contributed by atoms with van der Waals surface area (Å²) in [4.78, 5) is 3.84. The molecule has 2 unspecified atom stereocenters. The molecule has 3 N–H and O–H groups in total. The van der Waals surface area contributed by atoms with Crippen LogP contribution in [0.15, 0.2) is 10.6 Å².